The molecule has 2 aromatic carbocycles. The highest BCUT2D eigenvalue weighted by Crippen LogP contribution is 2.24. The number of nitrogens with zero attached hydrogens (tertiary/aromatic N) is 2. The molecule has 0 fully saturated rings. The maximum absolute atomic E-state index is 13.8. The van der Waals surface area contributed by atoms with E-state index in [2.05, 4.69) is 10.4 Å². The van der Waals surface area contributed by atoms with Crippen LogP contribution in [0.2, 0.25) is 0 Å². The number of rotatable bonds is 4. The summed E-state index contributed by atoms with van der Waals surface area (Å²) in [5.41, 5.74) is 1.30. The smallest absolute Gasteiger partial charge is 0.256 e. The van der Waals surface area contributed by atoms with Crippen LogP contribution in [0.25, 0.3) is 0 Å². The summed E-state index contributed by atoms with van der Waals surface area (Å²) in [5.74, 6) is -10.5. The molecular weight excluding hydrogens is 381 g/mol. The van der Waals surface area contributed by atoms with E-state index in [1.807, 2.05) is 13.8 Å². The van der Waals surface area contributed by atoms with E-state index < -0.39 is 47.1 Å². The van der Waals surface area contributed by atoms with Crippen LogP contribution in [0.1, 0.15) is 27.0 Å². The molecule has 3 rings (SSSR count). The zero-order valence-electron chi connectivity index (χ0n) is 14.8. The van der Waals surface area contributed by atoms with E-state index >= 15 is 0 Å². The van der Waals surface area contributed by atoms with Crippen LogP contribution in [0.15, 0.2) is 30.5 Å². The number of aromatic nitrogens is 2. The quantitative estimate of drug-likeness (QED) is 0.402. The Bertz CT molecular complexity index is 1050. The summed E-state index contributed by atoms with van der Waals surface area (Å²) in [6.07, 6.45) is 1.24. The fourth-order valence-electron chi connectivity index (χ4n) is 2.54. The molecule has 3 aromatic rings. The van der Waals surface area contributed by atoms with E-state index in [4.69, 9.17) is 0 Å². The van der Waals surface area contributed by atoms with Gasteiger partial charge in [-0.15, -0.1) is 0 Å². The Balaban J connectivity index is 1.80. The SMILES string of the molecule is Cc1ccc(C(=O)Nc2ccn(Cc3c(F)c(F)c(F)c(F)c3F)n2)cc1C. The summed E-state index contributed by atoms with van der Waals surface area (Å²) in [7, 11) is 0. The van der Waals surface area contributed by atoms with Gasteiger partial charge in [0.15, 0.2) is 29.1 Å². The van der Waals surface area contributed by atoms with Crippen molar-refractivity contribution in [1.29, 1.82) is 0 Å². The van der Waals surface area contributed by atoms with Gasteiger partial charge in [0, 0.05) is 17.8 Å². The topological polar surface area (TPSA) is 46.9 Å². The molecule has 0 saturated carbocycles. The maximum Gasteiger partial charge on any atom is 0.256 e. The predicted octanol–water partition coefficient (Wildman–Crippen LogP) is 4.50. The van der Waals surface area contributed by atoms with Gasteiger partial charge in [-0.1, -0.05) is 6.07 Å². The summed E-state index contributed by atoms with van der Waals surface area (Å²) >= 11 is 0. The van der Waals surface area contributed by atoms with Gasteiger partial charge in [0.2, 0.25) is 5.82 Å². The number of carbonyl (C=O) groups excluding carboxylic acids is 1. The van der Waals surface area contributed by atoms with Gasteiger partial charge in [0.05, 0.1) is 12.1 Å². The Kier molecular flexibility index (Phi) is 5.17. The lowest BCUT2D eigenvalue weighted by molar-refractivity contribution is 0.102. The molecule has 0 aliphatic rings. The minimum atomic E-state index is -2.22. The van der Waals surface area contributed by atoms with Crippen molar-refractivity contribution in [2.24, 2.45) is 0 Å². The van der Waals surface area contributed by atoms with Crippen LogP contribution >= 0.6 is 0 Å². The molecule has 1 amide bonds. The molecule has 0 aliphatic carbocycles. The van der Waals surface area contributed by atoms with Crippen molar-refractivity contribution in [3.05, 3.63) is 81.8 Å². The molecule has 0 radical (unpaired) electrons. The van der Waals surface area contributed by atoms with Crippen molar-refractivity contribution in [3.63, 3.8) is 0 Å². The van der Waals surface area contributed by atoms with Gasteiger partial charge in [0.25, 0.3) is 5.91 Å². The number of halogens is 5. The van der Waals surface area contributed by atoms with Crippen LogP contribution in [0.5, 0.6) is 0 Å². The molecular formula is C19H14F5N3O. The summed E-state index contributed by atoms with van der Waals surface area (Å²) in [5, 5.41) is 6.39. The van der Waals surface area contributed by atoms with Crippen molar-refractivity contribution in [2.75, 3.05) is 5.32 Å². The van der Waals surface area contributed by atoms with E-state index in [0.29, 0.717) is 5.56 Å². The minimum absolute atomic E-state index is 0.0621. The third-order valence-corrected chi connectivity index (χ3v) is 4.27. The predicted molar refractivity (Wildman–Crippen MR) is 91.4 cm³/mol. The summed E-state index contributed by atoms with van der Waals surface area (Å²) < 4.78 is 68.2. The third-order valence-electron chi connectivity index (χ3n) is 4.27. The highest BCUT2D eigenvalue weighted by molar-refractivity contribution is 6.03. The van der Waals surface area contributed by atoms with Gasteiger partial charge in [-0.3, -0.25) is 9.48 Å². The van der Waals surface area contributed by atoms with Crippen LogP contribution in [0.4, 0.5) is 27.8 Å². The fraction of sp³-hybridized carbons (Fsp3) is 0.158. The van der Waals surface area contributed by atoms with Gasteiger partial charge in [-0.25, -0.2) is 22.0 Å². The van der Waals surface area contributed by atoms with Crippen molar-refractivity contribution < 1.29 is 26.7 Å². The maximum atomic E-state index is 13.8. The van der Waals surface area contributed by atoms with Crippen LogP contribution in [0.3, 0.4) is 0 Å². The molecule has 1 heterocycles. The van der Waals surface area contributed by atoms with Crippen molar-refractivity contribution >= 4 is 11.7 Å². The summed E-state index contributed by atoms with van der Waals surface area (Å²) in [6.45, 7) is 3.05. The first-order chi connectivity index (χ1) is 13.2. The number of aryl methyl sites for hydroxylation is 2. The standard InChI is InChI=1S/C19H14F5N3O/c1-9-3-4-11(7-10(9)2)19(28)25-13-5-6-27(26-13)8-12-14(20)16(22)18(24)17(23)15(12)21/h3-7H,8H2,1-2H3,(H,25,26,28). The van der Waals surface area contributed by atoms with Gasteiger partial charge in [-0.05, 0) is 37.1 Å². The number of carbonyl (C=O) groups is 1. The second-order valence-corrected chi connectivity index (χ2v) is 6.20. The van der Waals surface area contributed by atoms with Crippen molar-refractivity contribution in [1.82, 2.24) is 9.78 Å². The largest absolute Gasteiger partial charge is 0.305 e. The molecule has 28 heavy (non-hydrogen) atoms. The number of benzene rings is 2. The fourth-order valence-corrected chi connectivity index (χ4v) is 2.54. The highest BCUT2D eigenvalue weighted by atomic mass is 19.2. The Labute approximate surface area is 156 Å². The highest BCUT2D eigenvalue weighted by Gasteiger charge is 2.26. The van der Waals surface area contributed by atoms with Gasteiger partial charge in [0.1, 0.15) is 0 Å². The van der Waals surface area contributed by atoms with Gasteiger partial charge >= 0.3 is 0 Å². The molecule has 1 N–H and O–H groups in total. The lowest BCUT2D eigenvalue weighted by Gasteiger charge is -2.08. The van der Waals surface area contributed by atoms with E-state index in [0.717, 1.165) is 15.8 Å². The summed E-state index contributed by atoms with van der Waals surface area (Å²) in [6, 6.07) is 6.44. The molecule has 0 saturated heterocycles. The molecule has 0 unspecified atom stereocenters. The molecule has 0 spiro atoms. The van der Waals surface area contributed by atoms with E-state index in [1.165, 1.54) is 12.3 Å². The van der Waals surface area contributed by atoms with Crippen molar-refractivity contribution in [3.8, 4) is 0 Å². The number of anilines is 1. The normalized spacial score (nSPS) is 11.0. The van der Waals surface area contributed by atoms with Crippen LogP contribution < -0.4 is 5.32 Å². The minimum Gasteiger partial charge on any atom is -0.305 e. The zero-order valence-corrected chi connectivity index (χ0v) is 14.8. The average Bonchev–Trinajstić information content (AvgIpc) is 3.11. The number of amides is 1. The van der Waals surface area contributed by atoms with Gasteiger partial charge in [-0.2, -0.15) is 5.10 Å². The first-order valence-corrected chi connectivity index (χ1v) is 8.11. The second-order valence-electron chi connectivity index (χ2n) is 6.20. The van der Waals surface area contributed by atoms with Crippen LogP contribution in [0, 0.1) is 42.9 Å². The number of hydrogen-bond acceptors (Lipinski definition) is 2. The lowest BCUT2D eigenvalue weighted by Crippen LogP contribution is -2.14. The third kappa shape index (κ3) is 3.60. The number of nitrogens with one attached hydrogen (secondary N) is 1. The molecule has 146 valence electrons. The van der Waals surface area contributed by atoms with E-state index in [-0.39, 0.29) is 5.82 Å². The van der Waals surface area contributed by atoms with Crippen molar-refractivity contribution in [2.45, 2.75) is 20.4 Å². The molecule has 9 heteroatoms. The van der Waals surface area contributed by atoms with Gasteiger partial charge < -0.3 is 5.32 Å². The summed E-state index contributed by atoms with van der Waals surface area (Å²) in [4.78, 5) is 12.3. The zero-order chi connectivity index (χ0) is 20.6. The first kappa shape index (κ1) is 19.5. The molecule has 0 atom stereocenters. The molecule has 0 bridgehead atoms. The Hall–Kier alpha value is -3.23. The molecule has 0 aliphatic heterocycles. The Morgan fingerprint density at radius 3 is 2.14 bits per heavy atom. The molecule has 4 nitrogen and oxygen atoms in total. The first-order valence-electron chi connectivity index (χ1n) is 8.11. The van der Waals surface area contributed by atoms with E-state index in [9.17, 15) is 26.7 Å². The Morgan fingerprint density at radius 1 is 0.929 bits per heavy atom. The molecule has 1 aromatic heterocycles. The lowest BCUT2D eigenvalue weighted by atomic mass is 10.1. The van der Waals surface area contributed by atoms with Crippen LogP contribution in [-0.2, 0) is 6.54 Å². The monoisotopic (exact) mass is 395 g/mol. The number of hydrogen-bond donors (Lipinski definition) is 1. The van der Waals surface area contributed by atoms with Crippen LogP contribution in [-0.4, -0.2) is 15.7 Å². The average molecular weight is 395 g/mol. The Morgan fingerprint density at radius 2 is 1.54 bits per heavy atom. The van der Waals surface area contributed by atoms with E-state index in [1.54, 1.807) is 18.2 Å². The second kappa shape index (κ2) is 7.41.